The van der Waals surface area contributed by atoms with Gasteiger partial charge < -0.3 is 10.2 Å². The standard InChI is InChI=1S/C11H12IN3O/c1-6(2)9-8(12)10(13)15-11(14-9)7-4-3-5-16-7/h3-6H,1-2H3,(H2,13,14,15). The molecule has 2 aromatic rings. The Bertz CT molecular complexity index is 494. The lowest BCUT2D eigenvalue weighted by Crippen LogP contribution is -2.06. The summed E-state index contributed by atoms with van der Waals surface area (Å²) >= 11 is 2.17. The Morgan fingerprint density at radius 2 is 2.12 bits per heavy atom. The molecule has 0 aromatic carbocycles. The summed E-state index contributed by atoms with van der Waals surface area (Å²) in [5.41, 5.74) is 6.82. The molecule has 16 heavy (non-hydrogen) atoms. The zero-order chi connectivity index (χ0) is 11.7. The maximum atomic E-state index is 5.87. The first kappa shape index (κ1) is 11.4. The largest absolute Gasteiger partial charge is 0.461 e. The molecule has 0 aliphatic carbocycles. The summed E-state index contributed by atoms with van der Waals surface area (Å²) in [7, 11) is 0. The molecule has 0 saturated carbocycles. The van der Waals surface area contributed by atoms with Crippen LogP contribution in [0.15, 0.2) is 22.8 Å². The molecule has 84 valence electrons. The molecule has 0 amide bonds. The van der Waals surface area contributed by atoms with Crippen LogP contribution in [0.2, 0.25) is 0 Å². The van der Waals surface area contributed by atoms with E-state index in [1.807, 2.05) is 12.1 Å². The van der Waals surface area contributed by atoms with E-state index >= 15 is 0 Å². The smallest absolute Gasteiger partial charge is 0.197 e. The third-order valence-electron chi connectivity index (χ3n) is 2.19. The fourth-order valence-electron chi connectivity index (χ4n) is 1.38. The van der Waals surface area contributed by atoms with Crippen LogP contribution in [0.4, 0.5) is 5.82 Å². The first-order valence-electron chi connectivity index (χ1n) is 4.96. The van der Waals surface area contributed by atoms with Crippen molar-refractivity contribution in [2.45, 2.75) is 19.8 Å². The third kappa shape index (κ3) is 2.04. The molecule has 4 nitrogen and oxygen atoms in total. The Morgan fingerprint density at radius 1 is 1.38 bits per heavy atom. The van der Waals surface area contributed by atoms with Gasteiger partial charge in [0, 0.05) is 0 Å². The van der Waals surface area contributed by atoms with Crippen molar-refractivity contribution in [1.29, 1.82) is 0 Å². The van der Waals surface area contributed by atoms with Crippen LogP contribution in [-0.4, -0.2) is 9.97 Å². The number of nitrogen functional groups attached to an aromatic ring is 1. The van der Waals surface area contributed by atoms with Crippen molar-refractivity contribution in [2.75, 3.05) is 5.73 Å². The van der Waals surface area contributed by atoms with Gasteiger partial charge in [0.1, 0.15) is 5.82 Å². The van der Waals surface area contributed by atoms with E-state index in [0.717, 1.165) is 9.26 Å². The number of rotatable bonds is 2. The van der Waals surface area contributed by atoms with Crippen molar-refractivity contribution in [3.63, 3.8) is 0 Å². The van der Waals surface area contributed by atoms with Crippen LogP contribution >= 0.6 is 22.6 Å². The Morgan fingerprint density at radius 3 is 2.69 bits per heavy atom. The molecule has 2 rings (SSSR count). The van der Waals surface area contributed by atoms with Crippen molar-refractivity contribution in [2.24, 2.45) is 0 Å². The number of nitrogens with zero attached hydrogens (tertiary/aromatic N) is 2. The number of aromatic nitrogens is 2. The van der Waals surface area contributed by atoms with E-state index in [9.17, 15) is 0 Å². The summed E-state index contributed by atoms with van der Waals surface area (Å²) in [4.78, 5) is 8.71. The second-order valence-electron chi connectivity index (χ2n) is 3.76. The van der Waals surface area contributed by atoms with Gasteiger partial charge in [-0.15, -0.1) is 0 Å². The lowest BCUT2D eigenvalue weighted by Gasteiger charge is -2.10. The summed E-state index contributed by atoms with van der Waals surface area (Å²) in [5.74, 6) is 2.01. The number of furan rings is 1. The fourth-order valence-corrected chi connectivity index (χ4v) is 2.25. The van der Waals surface area contributed by atoms with Gasteiger partial charge in [0.2, 0.25) is 0 Å². The zero-order valence-electron chi connectivity index (χ0n) is 9.07. The van der Waals surface area contributed by atoms with Crippen molar-refractivity contribution in [3.8, 4) is 11.6 Å². The van der Waals surface area contributed by atoms with Gasteiger partial charge in [-0.25, -0.2) is 9.97 Å². The van der Waals surface area contributed by atoms with Crippen LogP contribution < -0.4 is 5.73 Å². The Labute approximate surface area is 107 Å². The Hall–Kier alpha value is -1.11. The van der Waals surface area contributed by atoms with Crippen molar-refractivity contribution >= 4 is 28.4 Å². The first-order valence-corrected chi connectivity index (χ1v) is 6.04. The Balaban J connectivity index is 2.57. The average molecular weight is 329 g/mol. The quantitative estimate of drug-likeness (QED) is 0.860. The molecule has 2 N–H and O–H groups in total. The van der Waals surface area contributed by atoms with E-state index < -0.39 is 0 Å². The number of nitrogens with two attached hydrogens (primary N) is 1. The van der Waals surface area contributed by atoms with Gasteiger partial charge in [0.25, 0.3) is 0 Å². The monoisotopic (exact) mass is 329 g/mol. The number of anilines is 1. The highest BCUT2D eigenvalue weighted by molar-refractivity contribution is 14.1. The molecule has 0 saturated heterocycles. The SMILES string of the molecule is CC(C)c1nc(-c2ccco2)nc(N)c1I. The van der Waals surface area contributed by atoms with Gasteiger partial charge in [-0.1, -0.05) is 13.8 Å². The Kier molecular flexibility index (Phi) is 3.13. The summed E-state index contributed by atoms with van der Waals surface area (Å²) in [6, 6.07) is 3.63. The molecule has 0 aliphatic rings. The van der Waals surface area contributed by atoms with Gasteiger partial charge in [0.05, 0.1) is 15.5 Å². The van der Waals surface area contributed by atoms with Gasteiger partial charge in [-0.2, -0.15) is 0 Å². The average Bonchev–Trinajstić information content (AvgIpc) is 2.74. The van der Waals surface area contributed by atoms with Gasteiger partial charge in [-0.05, 0) is 40.6 Å². The molecule has 5 heteroatoms. The number of hydrogen-bond acceptors (Lipinski definition) is 4. The van der Waals surface area contributed by atoms with Crippen molar-refractivity contribution in [1.82, 2.24) is 9.97 Å². The minimum absolute atomic E-state index is 0.311. The van der Waals surface area contributed by atoms with E-state index in [-0.39, 0.29) is 0 Å². The van der Waals surface area contributed by atoms with Gasteiger partial charge in [0.15, 0.2) is 11.6 Å². The van der Waals surface area contributed by atoms with E-state index in [4.69, 9.17) is 10.2 Å². The van der Waals surface area contributed by atoms with Crippen LogP contribution in [0, 0.1) is 3.57 Å². The van der Waals surface area contributed by atoms with Crippen molar-refractivity contribution < 1.29 is 4.42 Å². The molecular formula is C11H12IN3O. The lowest BCUT2D eigenvalue weighted by atomic mass is 10.1. The summed E-state index contributed by atoms with van der Waals surface area (Å²) in [6.07, 6.45) is 1.60. The highest BCUT2D eigenvalue weighted by atomic mass is 127. The predicted octanol–water partition coefficient (Wildman–Crippen LogP) is 3.05. The van der Waals surface area contributed by atoms with E-state index in [1.165, 1.54) is 0 Å². The van der Waals surface area contributed by atoms with E-state index in [1.54, 1.807) is 6.26 Å². The van der Waals surface area contributed by atoms with Crippen LogP contribution in [0.5, 0.6) is 0 Å². The van der Waals surface area contributed by atoms with E-state index in [2.05, 4.69) is 46.4 Å². The highest BCUT2D eigenvalue weighted by Gasteiger charge is 2.15. The lowest BCUT2D eigenvalue weighted by molar-refractivity contribution is 0.576. The zero-order valence-corrected chi connectivity index (χ0v) is 11.2. The van der Waals surface area contributed by atoms with Crippen LogP contribution in [-0.2, 0) is 0 Å². The molecule has 0 aliphatic heterocycles. The predicted molar refractivity (Wildman–Crippen MR) is 71.0 cm³/mol. The number of hydrogen-bond donors (Lipinski definition) is 1. The second kappa shape index (κ2) is 4.40. The molecule has 0 radical (unpaired) electrons. The topological polar surface area (TPSA) is 64.9 Å². The maximum absolute atomic E-state index is 5.87. The first-order chi connectivity index (χ1) is 7.59. The van der Waals surface area contributed by atoms with Crippen LogP contribution in [0.3, 0.4) is 0 Å². The highest BCUT2D eigenvalue weighted by Crippen LogP contribution is 2.26. The molecule has 2 heterocycles. The molecule has 0 fully saturated rings. The minimum atomic E-state index is 0.311. The molecule has 0 atom stereocenters. The normalized spacial score (nSPS) is 11.0. The fraction of sp³-hybridized carbons (Fsp3) is 0.273. The van der Waals surface area contributed by atoms with Crippen LogP contribution in [0.1, 0.15) is 25.5 Å². The van der Waals surface area contributed by atoms with Gasteiger partial charge >= 0.3 is 0 Å². The second-order valence-corrected chi connectivity index (χ2v) is 4.84. The summed E-state index contributed by atoms with van der Waals surface area (Å²) in [6.45, 7) is 4.16. The third-order valence-corrected chi connectivity index (χ3v) is 3.30. The molecule has 0 spiro atoms. The molecular weight excluding hydrogens is 317 g/mol. The van der Waals surface area contributed by atoms with Gasteiger partial charge in [-0.3, -0.25) is 0 Å². The summed E-state index contributed by atoms with van der Waals surface area (Å²) < 4.78 is 6.19. The molecule has 2 aromatic heterocycles. The molecule has 0 bridgehead atoms. The van der Waals surface area contributed by atoms with Crippen LogP contribution in [0.25, 0.3) is 11.6 Å². The van der Waals surface area contributed by atoms with Crippen molar-refractivity contribution in [3.05, 3.63) is 27.7 Å². The number of halogens is 1. The van der Waals surface area contributed by atoms with E-state index in [0.29, 0.717) is 23.3 Å². The maximum Gasteiger partial charge on any atom is 0.197 e. The molecule has 0 unspecified atom stereocenters. The summed E-state index contributed by atoms with van der Waals surface area (Å²) in [5, 5.41) is 0. The minimum Gasteiger partial charge on any atom is -0.461 e.